The first-order valence-corrected chi connectivity index (χ1v) is 12.3. The molecule has 1 saturated heterocycles. The van der Waals surface area contributed by atoms with E-state index in [0.717, 1.165) is 48.9 Å². The monoisotopic (exact) mass is 278 g/mol. The van der Waals surface area contributed by atoms with Gasteiger partial charge in [0.25, 0.3) is 0 Å². The van der Waals surface area contributed by atoms with Crippen molar-refractivity contribution in [2.45, 2.75) is 63.5 Å². The highest BCUT2D eigenvalue weighted by Crippen LogP contribution is 2.25. The smallest absolute Gasteiger partial charge is 0.135 e. The summed E-state index contributed by atoms with van der Waals surface area (Å²) in [7, 11) is 4.56. The summed E-state index contributed by atoms with van der Waals surface area (Å²) < 4.78 is 5.71. The Kier molecular flexibility index (Phi) is 4.16. The van der Waals surface area contributed by atoms with Crippen molar-refractivity contribution in [1.82, 2.24) is 8.46 Å². The third kappa shape index (κ3) is 2.61. The molecule has 2 saturated carbocycles. The molecule has 0 aromatic carbocycles. The van der Waals surface area contributed by atoms with Crippen LogP contribution in [-0.4, -0.2) is 57.3 Å². The Bertz CT molecular complexity index is 197. The first kappa shape index (κ1) is 11.9. The molecule has 6 heteroatoms. The molecule has 1 heterocycles. The van der Waals surface area contributed by atoms with Gasteiger partial charge in [-0.25, -0.2) is 0 Å². The van der Waals surface area contributed by atoms with E-state index in [0.29, 0.717) is 0 Å². The zero-order valence-corrected chi connectivity index (χ0v) is 13.7. The normalized spacial score (nSPS) is 31.5. The number of hydrogen-bond donors (Lipinski definition) is 0. The van der Waals surface area contributed by atoms with Gasteiger partial charge in [-0.1, -0.05) is 25.7 Å². The van der Waals surface area contributed by atoms with Crippen LogP contribution >= 0.6 is 0 Å². The summed E-state index contributed by atoms with van der Waals surface area (Å²) in [5, 5.41) is 0. The molecule has 1 aliphatic heterocycles. The molecule has 0 amide bonds. The fourth-order valence-corrected chi connectivity index (χ4v) is 14.9. The van der Waals surface area contributed by atoms with Crippen LogP contribution in [0, 0.1) is 0 Å². The molecule has 3 rings (SSSR count). The molecular weight excluding hydrogens is 260 g/mol. The van der Waals surface area contributed by atoms with Crippen molar-refractivity contribution in [3.05, 3.63) is 0 Å². The Balaban J connectivity index is 1.47. The Morgan fingerprint density at radius 1 is 0.562 bits per heavy atom. The molecule has 8 radical (unpaired) electrons. The van der Waals surface area contributed by atoms with Gasteiger partial charge in [0.2, 0.25) is 0 Å². The van der Waals surface area contributed by atoms with Gasteiger partial charge in [-0.05, 0) is 37.8 Å². The van der Waals surface area contributed by atoms with Gasteiger partial charge in [-0.15, -0.1) is 0 Å². The minimum absolute atomic E-state index is 0.988. The van der Waals surface area contributed by atoms with Crippen molar-refractivity contribution in [3.63, 3.8) is 0 Å². The first-order valence-electron chi connectivity index (χ1n) is 6.54. The van der Waals surface area contributed by atoms with Crippen LogP contribution in [0.25, 0.3) is 0 Å². The molecule has 2 aliphatic carbocycles. The van der Waals surface area contributed by atoms with Crippen molar-refractivity contribution < 1.29 is 0 Å². The Morgan fingerprint density at radius 3 is 1.19 bits per heavy atom. The van der Waals surface area contributed by atoms with E-state index in [2.05, 4.69) is 8.46 Å². The molecule has 0 atom stereocenters. The van der Waals surface area contributed by atoms with E-state index in [4.69, 9.17) is 0 Å². The lowest BCUT2D eigenvalue weighted by molar-refractivity contribution is 0.464. The third-order valence-corrected chi connectivity index (χ3v) is 14.1. The van der Waals surface area contributed by atoms with Gasteiger partial charge < -0.3 is 8.46 Å². The lowest BCUT2D eigenvalue weighted by atomic mass is 10.3. The summed E-state index contributed by atoms with van der Waals surface area (Å²) in [5.41, 5.74) is 0. The molecule has 0 aromatic rings. The summed E-state index contributed by atoms with van der Waals surface area (Å²) in [6.07, 6.45) is 12.0. The topological polar surface area (TPSA) is 6.48 Å². The summed E-state index contributed by atoms with van der Waals surface area (Å²) in [4.78, 5) is 0. The van der Waals surface area contributed by atoms with Crippen LogP contribution < -0.4 is 0 Å². The summed E-state index contributed by atoms with van der Waals surface area (Å²) >= 11 is 0. The largest absolute Gasteiger partial charge is 0.350 e. The van der Waals surface area contributed by atoms with Gasteiger partial charge >= 0.3 is 0 Å². The molecule has 2 nitrogen and oxygen atoms in total. The SMILES string of the molecule is C1CCC(N2[Si][Si]N(C3CCCC3)[Si][Si]2)C1. The van der Waals surface area contributed by atoms with E-state index in [1.165, 1.54) is 51.4 Å². The van der Waals surface area contributed by atoms with Gasteiger partial charge in [-0.2, -0.15) is 0 Å². The van der Waals surface area contributed by atoms with Crippen LogP contribution in [0.5, 0.6) is 0 Å². The van der Waals surface area contributed by atoms with Crippen LogP contribution in [0.3, 0.4) is 0 Å². The highest BCUT2D eigenvalue weighted by molar-refractivity contribution is 7.15. The second-order valence-electron chi connectivity index (χ2n) is 5.06. The van der Waals surface area contributed by atoms with Crippen LogP contribution in [0.15, 0.2) is 0 Å². The van der Waals surface area contributed by atoms with Gasteiger partial charge in [0.1, 0.15) is 36.8 Å². The summed E-state index contributed by atoms with van der Waals surface area (Å²) in [6.45, 7) is 0. The number of hydrogen-bond acceptors (Lipinski definition) is 2. The number of rotatable bonds is 2. The van der Waals surface area contributed by atoms with Crippen LogP contribution in [0.2, 0.25) is 0 Å². The number of nitrogens with zero attached hydrogens (tertiary/aromatic N) is 2. The zero-order valence-electron chi connectivity index (χ0n) is 9.71. The van der Waals surface area contributed by atoms with Gasteiger partial charge in [0, 0.05) is 0 Å². The molecule has 0 aromatic heterocycles. The second kappa shape index (κ2) is 5.62. The van der Waals surface area contributed by atoms with Crippen molar-refractivity contribution in [3.8, 4) is 0 Å². The summed E-state index contributed by atoms with van der Waals surface area (Å²) in [6, 6.07) is 1.98. The van der Waals surface area contributed by atoms with Crippen molar-refractivity contribution in [2.75, 3.05) is 0 Å². The second-order valence-corrected chi connectivity index (χ2v) is 11.5. The van der Waals surface area contributed by atoms with Crippen LogP contribution in [0.1, 0.15) is 51.4 Å². The Labute approximate surface area is 109 Å². The molecule has 16 heavy (non-hydrogen) atoms. The zero-order chi connectivity index (χ0) is 10.8. The minimum Gasteiger partial charge on any atom is -0.350 e. The predicted octanol–water partition coefficient (Wildman–Crippen LogP) is 0.796. The first-order chi connectivity index (χ1) is 7.93. The highest BCUT2D eigenvalue weighted by Gasteiger charge is 2.32. The standard InChI is InChI=1S/C10H18N2Si4/c1-2-6-9(5-1)11-13-15-12(16-14-11)10-7-3-4-8-10/h9-10H,1-8H2. The minimum atomic E-state index is 0.988. The van der Waals surface area contributed by atoms with Crippen molar-refractivity contribution >= 4 is 36.8 Å². The van der Waals surface area contributed by atoms with Gasteiger partial charge in [0.15, 0.2) is 0 Å². The van der Waals surface area contributed by atoms with Crippen LogP contribution in [0.4, 0.5) is 0 Å². The van der Waals surface area contributed by atoms with E-state index >= 15 is 0 Å². The molecule has 0 spiro atoms. The van der Waals surface area contributed by atoms with Crippen LogP contribution in [-0.2, 0) is 0 Å². The van der Waals surface area contributed by atoms with E-state index in [-0.39, 0.29) is 0 Å². The van der Waals surface area contributed by atoms with E-state index < -0.39 is 0 Å². The average molecular weight is 279 g/mol. The van der Waals surface area contributed by atoms with Crippen molar-refractivity contribution in [1.29, 1.82) is 0 Å². The lowest BCUT2D eigenvalue weighted by Crippen LogP contribution is -2.59. The molecule has 0 N–H and O–H groups in total. The van der Waals surface area contributed by atoms with Gasteiger partial charge in [-0.3, -0.25) is 0 Å². The van der Waals surface area contributed by atoms with Gasteiger partial charge in [0.05, 0.1) is 0 Å². The Hall–Kier alpha value is 0.788. The van der Waals surface area contributed by atoms with E-state index in [1.807, 2.05) is 0 Å². The highest BCUT2D eigenvalue weighted by atomic mass is 29.2. The maximum Gasteiger partial charge on any atom is 0.135 e. The molecule has 84 valence electrons. The maximum atomic E-state index is 2.86. The van der Waals surface area contributed by atoms with Crippen molar-refractivity contribution in [2.24, 2.45) is 0 Å². The lowest BCUT2D eigenvalue weighted by Gasteiger charge is -2.38. The maximum absolute atomic E-state index is 2.86. The van der Waals surface area contributed by atoms with E-state index in [9.17, 15) is 0 Å². The molecular formula is C10H18N2Si4. The molecule has 3 fully saturated rings. The third-order valence-electron chi connectivity index (χ3n) is 3.96. The quantitative estimate of drug-likeness (QED) is 0.690. The average Bonchev–Trinajstić information content (AvgIpc) is 3.03. The predicted molar refractivity (Wildman–Crippen MR) is 71.2 cm³/mol. The molecule has 0 bridgehead atoms. The Morgan fingerprint density at radius 2 is 0.875 bits per heavy atom. The fraction of sp³-hybridized carbons (Fsp3) is 1.00. The fourth-order valence-electron chi connectivity index (χ4n) is 2.96. The molecule has 3 aliphatic rings. The molecule has 0 unspecified atom stereocenters. The van der Waals surface area contributed by atoms with E-state index in [1.54, 1.807) is 0 Å². The summed E-state index contributed by atoms with van der Waals surface area (Å²) in [5.74, 6) is 0.